The van der Waals surface area contributed by atoms with Gasteiger partial charge in [0.1, 0.15) is 0 Å². The zero-order valence-electron chi connectivity index (χ0n) is 28.3. The van der Waals surface area contributed by atoms with E-state index in [1.807, 2.05) is 0 Å². The molecule has 12 rings (SSSR count). The molecule has 0 bridgehead atoms. The summed E-state index contributed by atoms with van der Waals surface area (Å²) in [5, 5.41) is 4.97. The third-order valence-corrected chi connectivity index (χ3v) is 12.0. The van der Waals surface area contributed by atoms with Gasteiger partial charge in [-0.15, -0.1) is 0 Å². The number of rotatable bonds is 4. The lowest BCUT2D eigenvalue weighted by Gasteiger charge is -2.31. The normalized spacial score (nSPS) is 15.4. The summed E-state index contributed by atoms with van der Waals surface area (Å²) in [6.07, 6.45) is 0. The first-order chi connectivity index (χ1) is 25.8. The number of benzene rings is 9. The van der Waals surface area contributed by atoms with Crippen LogP contribution in [0.2, 0.25) is 0 Å². The van der Waals surface area contributed by atoms with Gasteiger partial charge in [-0.2, -0.15) is 0 Å². The topological polar surface area (TPSA) is 3.24 Å². The van der Waals surface area contributed by atoms with Gasteiger partial charge in [0.25, 0.3) is 0 Å². The van der Waals surface area contributed by atoms with Crippen molar-refractivity contribution in [3.63, 3.8) is 0 Å². The van der Waals surface area contributed by atoms with Crippen LogP contribution < -0.4 is 4.90 Å². The summed E-state index contributed by atoms with van der Waals surface area (Å²) in [7, 11) is 0. The van der Waals surface area contributed by atoms with Crippen molar-refractivity contribution in [2.45, 2.75) is 5.41 Å². The van der Waals surface area contributed by atoms with Crippen LogP contribution in [0.1, 0.15) is 22.3 Å². The van der Waals surface area contributed by atoms with E-state index in [0.717, 1.165) is 11.4 Å². The van der Waals surface area contributed by atoms with Crippen LogP contribution in [0.15, 0.2) is 188 Å². The van der Waals surface area contributed by atoms with Crippen molar-refractivity contribution < 1.29 is 0 Å². The minimum atomic E-state index is -0.338. The Hall–Kier alpha value is -6.70. The summed E-state index contributed by atoms with van der Waals surface area (Å²) in [5.41, 5.74) is 19.4. The average Bonchev–Trinajstić information content (AvgIpc) is 3.81. The van der Waals surface area contributed by atoms with Crippen molar-refractivity contribution in [2.24, 2.45) is 0 Å². The fraction of sp³-hybridized carbons (Fsp3) is 0.0196. The van der Waals surface area contributed by atoms with E-state index >= 15 is 0 Å². The minimum Gasteiger partial charge on any atom is -0.310 e. The van der Waals surface area contributed by atoms with E-state index in [1.165, 1.54) is 94.0 Å². The molecular weight excluding hydrogens is 627 g/mol. The summed E-state index contributed by atoms with van der Waals surface area (Å²) in [6, 6.07) is 70.1. The molecule has 0 heterocycles. The Morgan fingerprint density at radius 1 is 0.327 bits per heavy atom. The van der Waals surface area contributed by atoms with Crippen LogP contribution >= 0.6 is 0 Å². The molecule has 240 valence electrons. The van der Waals surface area contributed by atoms with Gasteiger partial charge in [0.15, 0.2) is 0 Å². The van der Waals surface area contributed by atoms with Gasteiger partial charge in [0.05, 0.1) is 11.1 Å². The second kappa shape index (κ2) is 10.2. The molecule has 1 heteroatoms. The lowest BCUT2D eigenvalue weighted by Crippen LogP contribution is -2.23. The smallest absolute Gasteiger partial charge is 0.0738 e. The van der Waals surface area contributed by atoms with Gasteiger partial charge in [0.2, 0.25) is 0 Å². The maximum Gasteiger partial charge on any atom is 0.0738 e. The predicted octanol–water partition coefficient (Wildman–Crippen LogP) is 13.5. The molecule has 1 atom stereocenters. The molecule has 0 aliphatic heterocycles. The molecule has 3 aliphatic carbocycles. The van der Waals surface area contributed by atoms with E-state index < -0.39 is 0 Å². The van der Waals surface area contributed by atoms with Crippen molar-refractivity contribution in [3.8, 4) is 44.5 Å². The van der Waals surface area contributed by atoms with Crippen molar-refractivity contribution in [3.05, 3.63) is 210 Å². The Kier molecular flexibility index (Phi) is 5.49. The molecule has 1 unspecified atom stereocenters. The van der Waals surface area contributed by atoms with Crippen LogP contribution in [-0.4, -0.2) is 0 Å². The Balaban J connectivity index is 1.14. The van der Waals surface area contributed by atoms with Crippen LogP contribution in [0.3, 0.4) is 0 Å². The SMILES string of the molecule is c1cc(-c2cccc3ccccc23)cc(N(c2ccc3c(c2)C24c5ccccc5-c5cccc(c52)-c2cccc-3c24)c2cccc3ccccc23)c1. The molecule has 0 saturated heterocycles. The Morgan fingerprint density at radius 3 is 1.63 bits per heavy atom. The lowest BCUT2D eigenvalue weighted by molar-refractivity contribution is 0.818. The van der Waals surface area contributed by atoms with E-state index in [9.17, 15) is 0 Å². The first kappa shape index (κ1) is 28.0. The van der Waals surface area contributed by atoms with Crippen LogP contribution in [0.5, 0.6) is 0 Å². The minimum absolute atomic E-state index is 0.338. The highest BCUT2D eigenvalue weighted by Crippen LogP contribution is 2.70. The molecule has 0 fully saturated rings. The van der Waals surface area contributed by atoms with Crippen molar-refractivity contribution in [2.75, 3.05) is 4.90 Å². The number of hydrogen-bond donors (Lipinski definition) is 0. The van der Waals surface area contributed by atoms with Gasteiger partial charge in [-0.25, -0.2) is 0 Å². The number of hydrogen-bond acceptors (Lipinski definition) is 1. The lowest BCUT2D eigenvalue weighted by atomic mass is 9.73. The van der Waals surface area contributed by atoms with Gasteiger partial charge in [-0.1, -0.05) is 158 Å². The van der Waals surface area contributed by atoms with E-state index in [4.69, 9.17) is 0 Å². The van der Waals surface area contributed by atoms with Crippen LogP contribution in [0.25, 0.3) is 66.1 Å². The van der Waals surface area contributed by atoms with Crippen LogP contribution in [-0.2, 0) is 5.41 Å². The van der Waals surface area contributed by atoms with E-state index in [2.05, 4.69) is 193 Å². The predicted molar refractivity (Wildman–Crippen MR) is 217 cm³/mol. The highest BCUT2D eigenvalue weighted by molar-refractivity contribution is 6.07. The van der Waals surface area contributed by atoms with E-state index in [1.54, 1.807) is 0 Å². The molecule has 52 heavy (non-hydrogen) atoms. The zero-order chi connectivity index (χ0) is 34.0. The summed E-state index contributed by atoms with van der Waals surface area (Å²) >= 11 is 0. The molecule has 9 aromatic carbocycles. The zero-order valence-corrected chi connectivity index (χ0v) is 28.3. The van der Waals surface area contributed by atoms with Crippen molar-refractivity contribution >= 4 is 38.6 Å². The molecule has 0 aromatic heterocycles. The van der Waals surface area contributed by atoms with Gasteiger partial charge >= 0.3 is 0 Å². The third-order valence-electron chi connectivity index (χ3n) is 12.0. The van der Waals surface area contributed by atoms with Crippen molar-refractivity contribution in [1.29, 1.82) is 0 Å². The largest absolute Gasteiger partial charge is 0.310 e. The maximum atomic E-state index is 2.51. The highest BCUT2D eigenvalue weighted by atomic mass is 15.1. The number of nitrogens with zero attached hydrogens (tertiary/aromatic N) is 1. The Bertz CT molecular complexity index is 2940. The van der Waals surface area contributed by atoms with Gasteiger partial charge in [0, 0.05) is 16.8 Å². The average molecular weight is 658 g/mol. The quantitative estimate of drug-likeness (QED) is 0.182. The van der Waals surface area contributed by atoms with E-state index in [0.29, 0.717) is 0 Å². The summed E-state index contributed by atoms with van der Waals surface area (Å²) in [4.78, 5) is 2.49. The van der Waals surface area contributed by atoms with Gasteiger partial charge in [-0.05, 0) is 113 Å². The first-order valence-electron chi connectivity index (χ1n) is 18.2. The standard InChI is InChI=1S/C51H31N/c1-3-18-37-32(12-1)14-8-21-38(37)34-16-7-17-35(30-34)52(48-27-9-15-33-13-2-4-19-39(33)48)36-28-29-41-43-23-11-25-45-44-24-10-22-42-40-20-5-6-26-46(40)51(49(42)44,50(43)45)47(41)31-36/h1-31H. The fourth-order valence-corrected chi connectivity index (χ4v) is 10.0. The number of fused-ring (bicyclic) bond motifs is 7. The van der Waals surface area contributed by atoms with E-state index in [-0.39, 0.29) is 5.41 Å². The Labute approximate surface area is 302 Å². The van der Waals surface area contributed by atoms with Crippen LogP contribution in [0.4, 0.5) is 17.1 Å². The molecule has 3 aliphatic rings. The maximum absolute atomic E-state index is 2.51. The van der Waals surface area contributed by atoms with Gasteiger partial charge < -0.3 is 4.90 Å². The highest BCUT2D eigenvalue weighted by Gasteiger charge is 2.57. The molecule has 1 spiro atoms. The number of anilines is 3. The molecule has 0 N–H and O–H groups in total. The summed E-state index contributed by atoms with van der Waals surface area (Å²) in [5.74, 6) is 0. The molecular formula is C51H31N. The van der Waals surface area contributed by atoms with Crippen LogP contribution in [0, 0.1) is 0 Å². The molecule has 0 saturated carbocycles. The van der Waals surface area contributed by atoms with Gasteiger partial charge in [-0.3, -0.25) is 0 Å². The second-order valence-corrected chi connectivity index (χ2v) is 14.4. The third kappa shape index (κ3) is 3.48. The summed E-state index contributed by atoms with van der Waals surface area (Å²) in [6.45, 7) is 0. The van der Waals surface area contributed by atoms with Crippen molar-refractivity contribution in [1.82, 2.24) is 0 Å². The summed E-state index contributed by atoms with van der Waals surface area (Å²) < 4.78 is 0. The second-order valence-electron chi connectivity index (χ2n) is 14.4. The monoisotopic (exact) mass is 657 g/mol. The molecule has 0 amide bonds. The molecule has 9 aromatic rings. The fourth-order valence-electron chi connectivity index (χ4n) is 10.0. The molecule has 1 nitrogen and oxygen atoms in total. The molecule has 0 radical (unpaired) electrons. The Morgan fingerprint density at radius 2 is 0.846 bits per heavy atom. The first-order valence-corrected chi connectivity index (χ1v) is 18.2.